The number of benzene rings is 2. The van der Waals surface area contributed by atoms with Crippen molar-refractivity contribution >= 4 is 21.8 Å². The molecule has 6 N–H and O–H groups in total. The minimum atomic E-state index is -3.28. The van der Waals surface area contributed by atoms with Crippen molar-refractivity contribution in [1.29, 1.82) is 0 Å². The monoisotopic (exact) mass is 406 g/mol. The van der Waals surface area contributed by atoms with Crippen LogP contribution in [0.25, 0.3) is 11.1 Å². The van der Waals surface area contributed by atoms with E-state index in [0.29, 0.717) is 5.56 Å². The second-order valence-corrected chi connectivity index (χ2v) is 7.94. The number of rotatable bonds is 8. The third-order valence-electron chi connectivity index (χ3n) is 3.91. The number of hydrogen-bond acceptors (Lipinski definition) is 6. The Morgan fingerprint density at radius 3 is 2.36 bits per heavy atom. The molecule has 0 aliphatic heterocycles. The van der Waals surface area contributed by atoms with Crippen molar-refractivity contribution in [2.24, 2.45) is 5.73 Å². The lowest BCUT2D eigenvalue weighted by molar-refractivity contribution is -0.130. The second kappa shape index (κ2) is 9.42. The van der Waals surface area contributed by atoms with E-state index in [1.54, 1.807) is 24.3 Å². The Balaban J connectivity index is 2.12. The van der Waals surface area contributed by atoms with Gasteiger partial charge in [0.25, 0.3) is 11.8 Å². The Morgan fingerprint density at radius 1 is 1.11 bits per heavy atom. The molecule has 0 saturated heterocycles. The highest BCUT2D eigenvalue weighted by Gasteiger charge is 2.19. The van der Waals surface area contributed by atoms with Gasteiger partial charge in [-0.15, -0.1) is 0 Å². The fourth-order valence-corrected chi connectivity index (χ4v) is 2.87. The summed E-state index contributed by atoms with van der Waals surface area (Å²) in [6.07, 6.45) is 1.10. The number of nitrogens with two attached hydrogens (primary N) is 1. The van der Waals surface area contributed by atoms with Gasteiger partial charge in [-0.3, -0.25) is 14.8 Å². The summed E-state index contributed by atoms with van der Waals surface area (Å²) >= 11 is 0. The van der Waals surface area contributed by atoms with Crippen LogP contribution in [0.2, 0.25) is 0 Å². The Kier molecular flexibility index (Phi) is 7.24. The third kappa shape index (κ3) is 6.13. The normalized spacial score (nSPS) is 12.2. The van der Waals surface area contributed by atoms with E-state index >= 15 is 0 Å². The smallest absolute Gasteiger partial charge is 0.267 e. The number of hydroxylamine groups is 1. The molecule has 0 heterocycles. The first-order valence-electron chi connectivity index (χ1n) is 8.32. The van der Waals surface area contributed by atoms with E-state index in [-0.39, 0.29) is 13.1 Å². The van der Waals surface area contributed by atoms with Crippen LogP contribution in [0.5, 0.6) is 0 Å². The lowest BCUT2D eigenvalue weighted by Gasteiger charge is -2.14. The molecule has 2 rings (SSSR count). The summed E-state index contributed by atoms with van der Waals surface area (Å²) in [7, 11) is -3.28. The maximum atomic E-state index is 12.2. The van der Waals surface area contributed by atoms with Crippen molar-refractivity contribution < 1.29 is 23.2 Å². The molecule has 150 valence electrons. The van der Waals surface area contributed by atoms with Crippen LogP contribution in [-0.4, -0.2) is 44.3 Å². The van der Waals surface area contributed by atoms with E-state index in [1.165, 1.54) is 5.48 Å². The van der Waals surface area contributed by atoms with Crippen molar-refractivity contribution in [1.82, 2.24) is 15.5 Å². The number of carbonyl (C=O) groups excluding carboxylic acids is 2. The Morgan fingerprint density at radius 2 is 1.79 bits per heavy atom. The molecule has 0 radical (unpaired) electrons. The minimum Gasteiger partial charge on any atom is -0.339 e. The summed E-state index contributed by atoms with van der Waals surface area (Å²) in [6, 6.07) is 13.0. The number of carbonyl (C=O) groups is 2. The summed E-state index contributed by atoms with van der Waals surface area (Å²) in [6.45, 7) is 0.0189. The molecular formula is C18H22N4O5S. The van der Waals surface area contributed by atoms with E-state index < -0.39 is 27.9 Å². The van der Waals surface area contributed by atoms with Crippen molar-refractivity contribution in [2.45, 2.75) is 12.6 Å². The molecule has 0 aromatic heterocycles. The maximum absolute atomic E-state index is 12.2. The predicted molar refractivity (Wildman–Crippen MR) is 104 cm³/mol. The average molecular weight is 406 g/mol. The van der Waals surface area contributed by atoms with E-state index in [1.807, 2.05) is 24.3 Å². The minimum absolute atomic E-state index is 0.162. The second-order valence-electron chi connectivity index (χ2n) is 6.11. The van der Waals surface area contributed by atoms with Crippen LogP contribution in [0.4, 0.5) is 0 Å². The Bertz CT molecular complexity index is 945. The molecule has 0 bridgehead atoms. The number of sulfonamides is 1. The van der Waals surface area contributed by atoms with Crippen LogP contribution in [0, 0.1) is 0 Å². The van der Waals surface area contributed by atoms with E-state index in [2.05, 4.69) is 10.0 Å². The molecule has 1 atom stereocenters. The van der Waals surface area contributed by atoms with Gasteiger partial charge in [0.05, 0.1) is 6.26 Å². The van der Waals surface area contributed by atoms with Gasteiger partial charge in [-0.25, -0.2) is 18.6 Å². The molecule has 10 heteroatoms. The zero-order valence-corrected chi connectivity index (χ0v) is 16.0. The van der Waals surface area contributed by atoms with Crippen LogP contribution in [0.3, 0.4) is 0 Å². The van der Waals surface area contributed by atoms with Crippen molar-refractivity contribution in [3.05, 3.63) is 59.7 Å². The summed E-state index contributed by atoms with van der Waals surface area (Å²) in [5, 5.41) is 11.1. The SMILES string of the molecule is CS(=O)(=O)NCc1cccc(-c2ccc(C(=O)N[C@@H](CN)C(=O)NO)cc2)c1. The topological polar surface area (TPSA) is 151 Å². The van der Waals surface area contributed by atoms with Gasteiger partial charge in [0.1, 0.15) is 6.04 Å². The van der Waals surface area contributed by atoms with E-state index in [9.17, 15) is 18.0 Å². The molecule has 0 fully saturated rings. The molecule has 2 amide bonds. The van der Waals surface area contributed by atoms with Gasteiger partial charge in [-0.2, -0.15) is 0 Å². The van der Waals surface area contributed by atoms with Gasteiger partial charge in [-0.1, -0.05) is 30.3 Å². The first kappa shape index (κ1) is 21.5. The Labute approximate surface area is 162 Å². The molecule has 0 unspecified atom stereocenters. The van der Waals surface area contributed by atoms with Crippen LogP contribution >= 0.6 is 0 Å². The lowest BCUT2D eigenvalue weighted by Crippen LogP contribution is -2.50. The number of amides is 2. The van der Waals surface area contributed by atoms with Gasteiger partial charge in [0.2, 0.25) is 10.0 Å². The van der Waals surface area contributed by atoms with Crippen molar-refractivity contribution in [3.63, 3.8) is 0 Å². The van der Waals surface area contributed by atoms with E-state index in [0.717, 1.165) is 22.9 Å². The molecule has 0 spiro atoms. The molecule has 0 saturated carbocycles. The third-order valence-corrected chi connectivity index (χ3v) is 4.58. The van der Waals surface area contributed by atoms with Crippen LogP contribution in [-0.2, 0) is 21.4 Å². The van der Waals surface area contributed by atoms with Crippen LogP contribution in [0.1, 0.15) is 15.9 Å². The zero-order chi connectivity index (χ0) is 20.7. The molecule has 9 nitrogen and oxygen atoms in total. The lowest BCUT2D eigenvalue weighted by atomic mass is 10.0. The van der Waals surface area contributed by atoms with Gasteiger partial charge >= 0.3 is 0 Å². The van der Waals surface area contributed by atoms with Crippen molar-refractivity contribution in [2.75, 3.05) is 12.8 Å². The fraction of sp³-hybridized carbons (Fsp3) is 0.222. The first-order chi connectivity index (χ1) is 13.2. The first-order valence-corrected chi connectivity index (χ1v) is 10.2. The quantitative estimate of drug-likeness (QED) is 0.307. The summed E-state index contributed by atoms with van der Waals surface area (Å²) in [4.78, 5) is 23.6. The van der Waals surface area contributed by atoms with Gasteiger partial charge in [0.15, 0.2) is 0 Å². The molecular weight excluding hydrogens is 384 g/mol. The molecule has 2 aromatic rings. The molecule has 0 aliphatic rings. The fourth-order valence-electron chi connectivity index (χ4n) is 2.44. The van der Waals surface area contributed by atoms with Gasteiger partial charge in [-0.05, 0) is 34.9 Å². The van der Waals surface area contributed by atoms with Gasteiger partial charge < -0.3 is 11.1 Å². The summed E-state index contributed by atoms with van der Waals surface area (Å²) < 4.78 is 24.9. The Hall–Kier alpha value is -2.79. The number of hydrogen-bond donors (Lipinski definition) is 5. The largest absolute Gasteiger partial charge is 0.339 e. The van der Waals surface area contributed by atoms with Crippen LogP contribution in [0.15, 0.2) is 48.5 Å². The maximum Gasteiger partial charge on any atom is 0.267 e. The summed E-state index contributed by atoms with van der Waals surface area (Å²) in [5.41, 5.74) is 9.68. The van der Waals surface area contributed by atoms with Crippen molar-refractivity contribution in [3.8, 4) is 11.1 Å². The molecule has 28 heavy (non-hydrogen) atoms. The average Bonchev–Trinajstić information content (AvgIpc) is 2.69. The molecule has 0 aliphatic carbocycles. The van der Waals surface area contributed by atoms with E-state index in [4.69, 9.17) is 10.9 Å². The number of nitrogens with one attached hydrogen (secondary N) is 3. The zero-order valence-electron chi connectivity index (χ0n) is 15.2. The molecule has 2 aromatic carbocycles. The van der Waals surface area contributed by atoms with Crippen LogP contribution < -0.4 is 21.3 Å². The highest BCUT2D eigenvalue weighted by Crippen LogP contribution is 2.21. The highest BCUT2D eigenvalue weighted by molar-refractivity contribution is 7.88. The van der Waals surface area contributed by atoms with Gasteiger partial charge in [0, 0.05) is 18.7 Å². The predicted octanol–water partition coefficient (Wildman–Crippen LogP) is -0.0347. The summed E-state index contributed by atoms with van der Waals surface area (Å²) in [5.74, 6) is -1.30. The highest BCUT2D eigenvalue weighted by atomic mass is 32.2. The standard InChI is InChI=1S/C18H22N4O5S/c1-28(26,27)20-11-12-3-2-4-15(9-12)13-5-7-14(8-6-13)17(23)21-16(10-19)18(24)22-25/h2-9,16,20,25H,10-11,19H2,1H3,(H,21,23)(H,22,24)/t16-/m0/s1.